The predicted octanol–water partition coefficient (Wildman–Crippen LogP) is 3.40. The summed E-state index contributed by atoms with van der Waals surface area (Å²) in [5, 5.41) is 0. The summed E-state index contributed by atoms with van der Waals surface area (Å²) in [6.07, 6.45) is 11.1. The summed E-state index contributed by atoms with van der Waals surface area (Å²) in [5.41, 5.74) is 0. The molecule has 0 aromatic carbocycles. The molecule has 1 aliphatic heterocycles. The first kappa shape index (κ1) is 12.2. The molecule has 81 valence electrons. The second-order valence-electron chi connectivity index (χ2n) is 3.56. The number of rotatable bonds is 1. The highest BCUT2D eigenvalue weighted by Crippen LogP contribution is 2.27. The number of amides is 1. The van der Waals surface area contributed by atoms with Crippen LogP contribution in [0.25, 0.3) is 0 Å². The maximum Gasteiger partial charge on any atom is 0.323 e. The van der Waals surface area contributed by atoms with Crippen molar-refractivity contribution in [1.29, 1.82) is 0 Å². The molecule has 2 nitrogen and oxygen atoms in total. The Morgan fingerprint density at radius 3 is 2.29 bits per heavy atom. The van der Waals surface area contributed by atoms with E-state index in [4.69, 9.17) is 0 Å². The van der Waals surface area contributed by atoms with Gasteiger partial charge in [-0.25, -0.2) is 0 Å². The Hall–Kier alpha value is 0.170. The van der Waals surface area contributed by atoms with E-state index in [1.165, 1.54) is 38.5 Å². The molecule has 0 aromatic heterocycles. The van der Waals surface area contributed by atoms with E-state index in [9.17, 15) is 4.79 Å². The van der Waals surface area contributed by atoms with Gasteiger partial charge in [0.25, 0.3) is 0 Å². The molecule has 1 aliphatic rings. The normalized spacial score (nSPS) is 22.1. The van der Waals surface area contributed by atoms with Crippen LogP contribution in [0, 0.1) is 0 Å². The highest BCUT2D eigenvalue weighted by atomic mass is 33.1. The van der Waals surface area contributed by atoms with E-state index in [1.807, 2.05) is 6.41 Å². The largest absolute Gasteiger partial charge is 0.323 e. The van der Waals surface area contributed by atoms with Crippen LogP contribution in [0.2, 0.25) is 0 Å². The van der Waals surface area contributed by atoms with Gasteiger partial charge in [-0.3, -0.25) is 9.10 Å². The minimum Gasteiger partial charge on any atom is -0.269 e. The molecule has 0 aliphatic carbocycles. The van der Waals surface area contributed by atoms with Gasteiger partial charge in [0.2, 0.25) is 0 Å². The molecule has 1 rings (SSSR count). The lowest BCUT2D eigenvalue weighted by Crippen LogP contribution is -2.13. The summed E-state index contributed by atoms with van der Waals surface area (Å²) in [6.45, 7) is 0.862. The van der Waals surface area contributed by atoms with Crippen LogP contribution < -0.4 is 0 Å². The molecule has 0 spiro atoms. The van der Waals surface area contributed by atoms with Gasteiger partial charge in [-0.05, 0) is 12.8 Å². The summed E-state index contributed by atoms with van der Waals surface area (Å²) in [5.74, 6) is 1.16. The van der Waals surface area contributed by atoms with Crippen LogP contribution in [-0.2, 0) is 4.79 Å². The number of nitrogens with zero attached hydrogens (tertiary/aromatic N) is 1. The van der Waals surface area contributed by atoms with E-state index in [2.05, 4.69) is 0 Å². The standard InChI is InChI=1S/C10H18NOS2/c12-10-11-8-6-4-2-1-3-5-7-9-13-14-11/h1-9H2. The summed E-state index contributed by atoms with van der Waals surface area (Å²) < 4.78 is 1.70. The second kappa shape index (κ2) is 8.48. The first-order chi connectivity index (χ1) is 6.93. The minimum absolute atomic E-state index is 0.862. The molecular formula is C10H18NOS2. The zero-order valence-corrected chi connectivity index (χ0v) is 10.2. The van der Waals surface area contributed by atoms with E-state index in [0.717, 1.165) is 18.7 Å². The second-order valence-corrected chi connectivity index (χ2v) is 5.95. The molecule has 0 N–H and O–H groups in total. The average molecular weight is 232 g/mol. The fourth-order valence-corrected chi connectivity index (χ4v) is 3.53. The van der Waals surface area contributed by atoms with Crippen LogP contribution in [0.4, 0.5) is 0 Å². The average Bonchev–Trinajstić information content (AvgIpc) is 2.19. The highest BCUT2D eigenvalue weighted by molar-refractivity contribution is 8.75. The monoisotopic (exact) mass is 232 g/mol. The summed E-state index contributed by atoms with van der Waals surface area (Å²) in [6, 6.07) is 0. The molecule has 1 heterocycles. The predicted molar refractivity (Wildman–Crippen MR) is 64.8 cm³/mol. The van der Waals surface area contributed by atoms with Crippen molar-refractivity contribution in [2.75, 3.05) is 12.3 Å². The van der Waals surface area contributed by atoms with E-state index >= 15 is 0 Å². The molecule has 0 saturated carbocycles. The maximum atomic E-state index is 10.5. The van der Waals surface area contributed by atoms with Gasteiger partial charge in [0.15, 0.2) is 0 Å². The van der Waals surface area contributed by atoms with Gasteiger partial charge in [-0.1, -0.05) is 42.9 Å². The summed E-state index contributed by atoms with van der Waals surface area (Å²) in [7, 11) is 3.34. The fourth-order valence-electron chi connectivity index (χ4n) is 1.50. The van der Waals surface area contributed by atoms with Gasteiger partial charge in [-0.15, -0.1) is 0 Å². The number of hydrogen-bond acceptors (Lipinski definition) is 3. The van der Waals surface area contributed by atoms with Crippen LogP contribution in [0.1, 0.15) is 44.9 Å². The van der Waals surface area contributed by atoms with E-state index in [1.54, 1.807) is 26.1 Å². The number of hydrogen-bond donors (Lipinski definition) is 0. The lowest BCUT2D eigenvalue weighted by molar-refractivity contribution is 0.488. The van der Waals surface area contributed by atoms with Crippen LogP contribution in [0.15, 0.2) is 0 Å². The Morgan fingerprint density at radius 1 is 0.929 bits per heavy atom. The summed E-state index contributed by atoms with van der Waals surface area (Å²) >= 11 is 0. The molecule has 1 radical (unpaired) electrons. The minimum atomic E-state index is 0.862. The molecule has 0 bridgehead atoms. The van der Waals surface area contributed by atoms with Crippen molar-refractivity contribution in [3.8, 4) is 0 Å². The Kier molecular flexibility index (Phi) is 7.41. The van der Waals surface area contributed by atoms with Gasteiger partial charge >= 0.3 is 6.41 Å². The third-order valence-corrected chi connectivity index (χ3v) is 4.69. The van der Waals surface area contributed by atoms with Crippen LogP contribution >= 0.6 is 21.8 Å². The fraction of sp³-hybridized carbons (Fsp3) is 0.900. The lowest BCUT2D eigenvalue weighted by atomic mass is 10.1. The molecular weight excluding hydrogens is 214 g/mol. The van der Waals surface area contributed by atoms with Crippen molar-refractivity contribution in [2.45, 2.75) is 44.9 Å². The smallest absolute Gasteiger partial charge is 0.269 e. The third kappa shape index (κ3) is 5.81. The zero-order chi connectivity index (χ0) is 10.1. The molecule has 0 atom stereocenters. The quantitative estimate of drug-likeness (QED) is 0.510. The van der Waals surface area contributed by atoms with Crippen molar-refractivity contribution in [3.05, 3.63) is 0 Å². The van der Waals surface area contributed by atoms with Gasteiger partial charge in [0, 0.05) is 23.3 Å². The SMILES string of the molecule is O=[C]N1CCCCCCCCCSS1. The van der Waals surface area contributed by atoms with Gasteiger partial charge < -0.3 is 0 Å². The van der Waals surface area contributed by atoms with E-state index < -0.39 is 0 Å². The Balaban J connectivity index is 2.20. The lowest BCUT2D eigenvalue weighted by Gasteiger charge is -2.14. The molecule has 1 fully saturated rings. The molecule has 1 saturated heterocycles. The van der Waals surface area contributed by atoms with Gasteiger partial charge in [0.1, 0.15) is 0 Å². The van der Waals surface area contributed by atoms with Crippen molar-refractivity contribution < 1.29 is 4.79 Å². The highest BCUT2D eigenvalue weighted by Gasteiger charge is 2.05. The van der Waals surface area contributed by atoms with Crippen molar-refractivity contribution in [2.24, 2.45) is 0 Å². The third-order valence-electron chi connectivity index (χ3n) is 2.33. The molecule has 1 amide bonds. The van der Waals surface area contributed by atoms with Gasteiger partial charge in [-0.2, -0.15) is 0 Å². The zero-order valence-electron chi connectivity index (χ0n) is 8.54. The summed E-state index contributed by atoms with van der Waals surface area (Å²) in [4.78, 5) is 10.5. The first-order valence-corrected chi connectivity index (χ1v) is 7.66. The van der Waals surface area contributed by atoms with Crippen molar-refractivity contribution in [3.63, 3.8) is 0 Å². The van der Waals surface area contributed by atoms with Crippen LogP contribution in [-0.4, -0.2) is 23.0 Å². The Morgan fingerprint density at radius 2 is 1.57 bits per heavy atom. The maximum absolute atomic E-state index is 10.5. The molecule has 0 aromatic rings. The first-order valence-electron chi connectivity index (χ1n) is 5.38. The molecule has 14 heavy (non-hydrogen) atoms. The van der Waals surface area contributed by atoms with Crippen molar-refractivity contribution in [1.82, 2.24) is 4.31 Å². The molecule has 4 heteroatoms. The van der Waals surface area contributed by atoms with Crippen molar-refractivity contribution >= 4 is 28.2 Å². The Bertz CT molecular complexity index is 143. The van der Waals surface area contributed by atoms with Crippen LogP contribution in [0.5, 0.6) is 0 Å². The van der Waals surface area contributed by atoms with Gasteiger partial charge in [0.05, 0.1) is 0 Å². The van der Waals surface area contributed by atoms with E-state index in [-0.39, 0.29) is 0 Å². The topological polar surface area (TPSA) is 20.3 Å². The van der Waals surface area contributed by atoms with Crippen LogP contribution in [0.3, 0.4) is 0 Å². The Labute approximate surface area is 94.7 Å². The molecule has 0 unspecified atom stereocenters. The van der Waals surface area contributed by atoms with E-state index in [0.29, 0.717) is 0 Å². The number of carbonyl (C=O) groups excluding carboxylic acids is 1.